The number of carbonyl (C=O) groups excluding carboxylic acids is 1. The highest BCUT2D eigenvalue weighted by Crippen LogP contribution is 2.21. The molecule has 1 aliphatic heterocycles. The summed E-state index contributed by atoms with van der Waals surface area (Å²) in [6, 6.07) is 6.35. The fourth-order valence-corrected chi connectivity index (χ4v) is 2.54. The van der Waals surface area contributed by atoms with Gasteiger partial charge in [-0.25, -0.2) is 4.39 Å². The van der Waals surface area contributed by atoms with Gasteiger partial charge in [-0.1, -0.05) is 0 Å². The second kappa shape index (κ2) is 5.94. The van der Waals surface area contributed by atoms with Gasteiger partial charge in [0, 0.05) is 12.5 Å². The minimum atomic E-state index is -0.312. The zero-order valence-electron chi connectivity index (χ0n) is 11.0. The summed E-state index contributed by atoms with van der Waals surface area (Å²) >= 11 is 0. The third kappa shape index (κ3) is 3.39. The van der Waals surface area contributed by atoms with E-state index in [1.54, 1.807) is 6.92 Å². The molecule has 0 N–H and O–H groups in total. The highest BCUT2D eigenvalue weighted by Gasteiger charge is 2.22. The fraction of sp³-hybridized carbons (Fsp3) is 0.467. The molecule has 0 unspecified atom stereocenters. The number of rotatable bonds is 3. The molecule has 19 heavy (non-hydrogen) atoms. The molecular weight excluding hydrogens is 243 g/mol. The Morgan fingerprint density at radius 2 is 2.16 bits per heavy atom. The largest absolute Gasteiger partial charge is 0.300 e. The van der Waals surface area contributed by atoms with Crippen molar-refractivity contribution in [3.8, 4) is 6.07 Å². The average Bonchev–Trinajstić information content (AvgIpc) is 2.39. The Labute approximate surface area is 112 Å². The molecule has 2 rings (SSSR count). The van der Waals surface area contributed by atoms with E-state index in [4.69, 9.17) is 5.26 Å². The topological polar surface area (TPSA) is 44.1 Å². The Hall–Kier alpha value is -1.73. The third-order valence-corrected chi connectivity index (χ3v) is 3.74. The molecule has 0 amide bonds. The van der Waals surface area contributed by atoms with Crippen molar-refractivity contribution in [2.45, 2.75) is 26.3 Å². The molecule has 1 fully saturated rings. The molecular formula is C15H17FN2O. The van der Waals surface area contributed by atoms with Crippen LogP contribution < -0.4 is 0 Å². The summed E-state index contributed by atoms with van der Waals surface area (Å²) in [6.45, 7) is 3.86. The fourth-order valence-electron chi connectivity index (χ4n) is 2.54. The van der Waals surface area contributed by atoms with Crippen LogP contribution in [0.15, 0.2) is 18.2 Å². The monoisotopic (exact) mass is 260 g/mol. The van der Waals surface area contributed by atoms with Gasteiger partial charge in [-0.15, -0.1) is 0 Å². The number of benzene rings is 1. The highest BCUT2D eigenvalue weighted by molar-refractivity contribution is 5.78. The number of hydrogen-bond donors (Lipinski definition) is 0. The molecule has 1 aromatic carbocycles. The molecule has 0 saturated carbocycles. The molecule has 100 valence electrons. The average molecular weight is 260 g/mol. The Balaban J connectivity index is 2.01. The van der Waals surface area contributed by atoms with Crippen LogP contribution >= 0.6 is 0 Å². The van der Waals surface area contributed by atoms with Gasteiger partial charge in [-0.05, 0) is 56.6 Å². The van der Waals surface area contributed by atoms with Crippen molar-refractivity contribution in [1.82, 2.24) is 4.90 Å². The molecule has 0 aromatic heterocycles. The van der Waals surface area contributed by atoms with Crippen molar-refractivity contribution in [1.29, 1.82) is 5.26 Å². The number of piperidine rings is 1. The zero-order valence-corrected chi connectivity index (χ0v) is 11.0. The first-order valence-corrected chi connectivity index (χ1v) is 6.51. The maximum absolute atomic E-state index is 13.2. The first kappa shape index (κ1) is 13.7. The van der Waals surface area contributed by atoms with E-state index in [9.17, 15) is 9.18 Å². The second-order valence-corrected chi connectivity index (χ2v) is 5.07. The van der Waals surface area contributed by atoms with Crippen LogP contribution in [-0.4, -0.2) is 23.8 Å². The molecule has 0 bridgehead atoms. The van der Waals surface area contributed by atoms with E-state index in [1.807, 2.05) is 0 Å². The quantitative estimate of drug-likeness (QED) is 0.838. The summed E-state index contributed by atoms with van der Waals surface area (Å²) in [5.41, 5.74) is 1.25. The summed E-state index contributed by atoms with van der Waals surface area (Å²) in [7, 11) is 0. The van der Waals surface area contributed by atoms with Crippen molar-refractivity contribution in [3.05, 3.63) is 35.1 Å². The molecule has 0 atom stereocenters. The maximum Gasteiger partial charge on any atom is 0.133 e. The molecule has 0 radical (unpaired) electrons. The number of ketones is 1. The Kier molecular flexibility index (Phi) is 4.28. The van der Waals surface area contributed by atoms with Crippen molar-refractivity contribution in [2.75, 3.05) is 13.1 Å². The number of carbonyl (C=O) groups is 1. The number of hydrogen-bond acceptors (Lipinski definition) is 3. The van der Waals surface area contributed by atoms with Gasteiger partial charge in [0.15, 0.2) is 0 Å². The van der Waals surface area contributed by atoms with Crippen molar-refractivity contribution in [2.24, 2.45) is 5.92 Å². The molecule has 0 aliphatic carbocycles. The predicted molar refractivity (Wildman–Crippen MR) is 69.8 cm³/mol. The number of likely N-dealkylation sites (tertiary alicyclic amines) is 1. The lowest BCUT2D eigenvalue weighted by molar-refractivity contribution is -0.122. The second-order valence-electron chi connectivity index (χ2n) is 5.07. The summed E-state index contributed by atoms with van der Waals surface area (Å²) in [5.74, 6) is 0.106. The molecule has 0 spiro atoms. The van der Waals surface area contributed by atoms with Gasteiger partial charge in [0.1, 0.15) is 11.6 Å². The minimum Gasteiger partial charge on any atom is -0.300 e. The van der Waals surface area contributed by atoms with Gasteiger partial charge in [0.2, 0.25) is 0 Å². The summed E-state index contributed by atoms with van der Waals surface area (Å²) in [6.07, 6.45) is 1.71. The molecule has 1 saturated heterocycles. The van der Waals surface area contributed by atoms with E-state index in [2.05, 4.69) is 11.0 Å². The summed E-state index contributed by atoms with van der Waals surface area (Å²) in [5, 5.41) is 9.02. The molecule has 1 heterocycles. The number of nitrogens with zero attached hydrogens (tertiary/aromatic N) is 2. The SMILES string of the molecule is CC(=O)C1CCN(Cc2cc(F)ccc2C#N)CC1. The van der Waals surface area contributed by atoms with Gasteiger partial charge in [0.25, 0.3) is 0 Å². The minimum absolute atomic E-state index is 0.166. The lowest BCUT2D eigenvalue weighted by Gasteiger charge is -2.30. The number of nitriles is 1. The Morgan fingerprint density at radius 3 is 2.74 bits per heavy atom. The number of halogens is 1. The van der Waals surface area contributed by atoms with Crippen LogP contribution in [0.3, 0.4) is 0 Å². The van der Waals surface area contributed by atoms with E-state index in [0.29, 0.717) is 12.1 Å². The van der Waals surface area contributed by atoms with E-state index >= 15 is 0 Å². The first-order valence-electron chi connectivity index (χ1n) is 6.51. The normalized spacial score (nSPS) is 17.1. The van der Waals surface area contributed by atoms with Crippen LogP contribution in [0.5, 0.6) is 0 Å². The van der Waals surface area contributed by atoms with Gasteiger partial charge < -0.3 is 0 Å². The van der Waals surface area contributed by atoms with E-state index < -0.39 is 0 Å². The lowest BCUT2D eigenvalue weighted by Crippen LogP contribution is -2.35. The standard InChI is InChI=1S/C15H17FN2O/c1-11(19)12-4-6-18(7-5-12)10-14-8-15(16)3-2-13(14)9-17/h2-3,8,12H,4-7,10H2,1H3. The highest BCUT2D eigenvalue weighted by atomic mass is 19.1. The third-order valence-electron chi connectivity index (χ3n) is 3.74. The Bertz CT molecular complexity index is 513. The van der Waals surface area contributed by atoms with Crippen LogP contribution in [0.1, 0.15) is 30.9 Å². The van der Waals surface area contributed by atoms with E-state index in [-0.39, 0.29) is 17.5 Å². The van der Waals surface area contributed by atoms with Crippen LogP contribution in [0.4, 0.5) is 4.39 Å². The predicted octanol–water partition coefficient (Wildman–Crippen LogP) is 2.50. The van der Waals surface area contributed by atoms with Gasteiger partial charge in [-0.3, -0.25) is 9.69 Å². The van der Waals surface area contributed by atoms with Crippen LogP contribution in [0.2, 0.25) is 0 Å². The molecule has 1 aromatic rings. The first-order chi connectivity index (χ1) is 9.10. The van der Waals surface area contributed by atoms with Gasteiger partial charge in [0.05, 0.1) is 11.6 Å². The Morgan fingerprint density at radius 1 is 1.47 bits per heavy atom. The van der Waals surface area contributed by atoms with Gasteiger partial charge >= 0.3 is 0 Å². The lowest BCUT2D eigenvalue weighted by atomic mass is 9.93. The number of Topliss-reactive ketones (excluding diaryl/α,β-unsaturated/α-hetero) is 1. The summed E-state index contributed by atoms with van der Waals surface area (Å²) < 4.78 is 13.2. The van der Waals surface area contributed by atoms with Crippen LogP contribution in [0.25, 0.3) is 0 Å². The van der Waals surface area contributed by atoms with Crippen LogP contribution in [0, 0.1) is 23.1 Å². The van der Waals surface area contributed by atoms with Gasteiger partial charge in [-0.2, -0.15) is 5.26 Å². The smallest absolute Gasteiger partial charge is 0.133 e. The van der Waals surface area contributed by atoms with Crippen LogP contribution in [-0.2, 0) is 11.3 Å². The van der Waals surface area contributed by atoms with E-state index in [1.165, 1.54) is 18.2 Å². The zero-order chi connectivity index (χ0) is 13.8. The van der Waals surface area contributed by atoms with Crippen molar-refractivity contribution in [3.63, 3.8) is 0 Å². The molecule has 1 aliphatic rings. The maximum atomic E-state index is 13.2. The summed E-state index contributed by atoms with van der Waals surface area (Å²) in [4.78, 5) is 13.5. The van der Waals surface area contributed by atoms with Crippen molar-refractivity contribution < 1.29 is 9.18 Å². The van der Waals surface area contributed by atoms with E-state index in [0.717, 1.165) is 31.5 Å². The molecule has 3 nitrogen and oxygen atoms in total. The molecule has 4 heteroatoms. The van der Waals surface area contributed by atoms with Crippen molar-refractivity contribution >= 4 is 5.78 Å².